The van der Waals surface area contributed by atoms with Crippen molar-refractivity contribution >= 4 is 0 Å². The van der Waals surface area contributed by atoms with E-state index in [1.54, 1.807) is 6.07 Å². The van der Waals surface area contributed by atoms with Crippen LogP contribution < -0.4 is 0 Å². The van der Waals surface area contributed by atoms with Crippen molar-refractivity contribution in [1.29, 1.82) is 0 Å². The fourth-order valence-electron chi connectivity index (χ4n) is 3.36. The Morgan fingerprint density at radius 3 is 2.37 bits per heavy atom. The van der Waals surface area contributed by atoms with Gasteiger partial charge in [0, 0.05) is 18.2 Å². The van der Waals surface area contributed by atoms with E-state index in [1.807, 2.05) is 16.8 Å². The first kappa shape index (κ1) is 12.3. The first-order valence-electron chi connectivity index (χ1n) is 7.11. The largest absolute Gasteiger partial charge is 0.494 e. The van der Waals surface area contributed by atoms with Crippen LogP contribution in [0.1, 0.15) is 36.8 Å². The van der Waals surface area contributed by atoms with Crippen molar-refractivity contribution in [3.8, 4) is 5.88 Å². The van der Waals surface area contributed by atoms with Crippen LogP contribution in [0.4, 0.5) is 0 Å². The molecule has 1 heterocycles. The molecule has 3 rings (SSSR count). The monoisotopic (exact) mass is 255 g/mol. The molecule has 1 aliphatic rings. The van der Waals surface area contributed by atoms with Crippen LogP contribution in [0.3, 0.4) is 0 Å². The van der Waals surface area contributed by atoms with Gasteiger partial charge in [-0.1, -0.05) is 42.7 Å². The molecule has 0 saturated heterocycles. The average molecular weight is 255 g/mol. The van der Waals surface area contributed by atoms with Crippen LogP contribution in [-0.4, -0.2) is 9.67 Å². The van der Waals surface area contributed by atoms with Crippen molar-refractivity contribution in [2.45, 2.75) is 44.6 Å². The summed E-state index contributed by atoms with van der Waals surface area (Å²) in [6.45, 7) is 3.01. The summed E-state index contributed by atoms with van der Waals surface area (Å²) in [5.41, 5.74) is 2.92. The lowest BCUT2D eigenvalue weighted by atomic mass is 9.78. The minimum atomic E-state index is 0.199. The zero-order valence-corrected chi connectivity index (χ0v) is 11.5. The lowest BCUT2D eigenvalue weighted by Crippen LogP contribution is -2.28. The third kappa shape index (κ3) is 2.27. The van der Waals surface area contributed by atoms with Crippen LogP contribution in [0.25, 0.3) is 0 Å². The molecule has 1 aromatic heterocycles. The summed E-state index contributed by atoms with van der Waals surface area (Å²) in [6, 6.07) is 12.6. The topological polar surface area (TPSA) is 25.2 Å². The molecule has 0 spiro atoms. The number of aromatic nitrogens is 1. The fourth-order valence-corrected chi connectivity index (χ4v) is 3.36. The van der Waals surface area contributed by atoms with Crippen LogP contribution in [0.5, 0.6) is 5.88 Å². The summed E-state index contributed by atoms with van der Waals surface area (Å²) in [7, 11) is 0. The van der Waals surface area contributed by atoms with E-state index >= 15 is 0 Å². The van der Waals surface area contributed by atoms with Crippen LogP contribution in [0, 0.1) is 6.92 Å². The van der Waals surface area contributed by atoms with E-state index in [-0.39, 0.29) is 5.41 Å². The second-order valence-corrected chi connectivity index (χ2v) is 5.85. The van der Waals surface area contributed by atoms with E-state index in [9.17, 15) is 5.11 Å². The summed E-state index contributed by atoms with van der Waals surface area (Å²) in [6.07, 6.45) is 6.98. The molecule has 2 aromatic rings. The molecule has 1 aliphatic carbocycles. The van der Waals surface area contributed by atoms with Crippen LogP contribution >= 0.6 is 0 Å². The maximum absolute atomic E-state index is 9.88. The van der Waals surface area contributed by atoms with E-state index in [0.717, 1.165) is 6.54 Å². The smallest absolute Gasteiger partial charge is 0.190 e. The quantitative estimate of drug-likeness (QED) is 0.880. The maximum atomic E-state index is 9.88. The number of nitrogens with zero attached hydrogens (tertiary/aromatic N) is 1. The highest BCUT2D eigenvalue weighted by molar-refractivity contribution is 5.30. The number of benzene rings is 1. The molecule has 0 atom stereocenters. The predicted octanol–water partition coefficient (Wildman–Crippen LogP) is 4.01. The molecule has 0 aliphatic heterocycles. The summed E-state index contributed by atoms with van der Waals surface area (Å²) >= 11 is 0. The summed E-state index contributed by atoms with van der Waals surface area (Å²) in [5.74, 6) is 0.374. The molecule has 0 amide bonds. The Bertz CT molecular complexity index is 547. The van der Waals surface area contributed by atoms with Gasteiger partial charge in [-0.05, 0) is 37.5 Å². The minimum absolute atomic E-state index is 0.199. The SMILES string of the molecule is Cc1ccc(C2(Cn3cccc3O)CCCC2)cc1. The number of rotatable bonds is 3. The second kappa shape index (κ2) is 4.76. The number of hydrogen-bond donors (Lipinski definition) is 1. The lowest BCUT2D eigenvalue weighted by molar-refractivity contribution is 0.334. The molecule has 0 bridgehead atoms. The van der Waals surface area contributed by atoms with Crippen molar-refractivity contribution in [2.24, 2.45) is 0 Å². The zero-order valence-electron chi connectivity index (χ0n) is 11.5. The normalized spacial score (nSPS) is 17.7. The van der Waals surface area contributed by atoms with Crippen LogP contribution in [-0.2, 0) is 12.0 Å². The minimum Gasteiger partial charge on any atom is -0.494 e. The maximum Gasteiger partial charge on any atom is 0.190 e. The van der Waals surface area contributed by atoms with Crippen molar-refractivity contribution in [1.82, 2.24) is 4.57 Å². The zero-order chi connectivity index (χ0) is 13.3. The van der Waals surface area contributed by atoms with Gasteiger partial charge >= 0.3 is 0 Å². The van der Waals surface area contributed by atoms with Crippen molar-refractivity contribution in [2.75, 3.05) is 0 Å². The van der Waals surface area contributed by atoms with E-state index in [0.29, 0.717) is 5.88 Å². The summed E-state index contributed by atoms with van der Waals surface area (Å²) in [4.78, 5) is 0. The van der Waals surface area contributed by atoms with Gasteiger partial charge in [-0.3, -0.25) is 0 Å². The molecule has 2 nitrogen and oxygen atoms in total. The van der Waals surface area contributed by atoms with Gasteiger partial charge in [-0.25, -0.2) is 0 Å². The highest BCUT2D eigenvalue weighted by Crippen LogP contribution is 2.43. The van der Waals surface area contributed by atoms with E-state index in [2.05, 4.69) is 31.2 Å². The van der Waals surface area contributed by atoms with Gasteiger partial charge in [-0.15, -0.1) is 0 Å². The highest BCUT2D eigenvalue weighted by atomic mass is 16.3. The van der Waals surface area contributed by atoms with E-state index in [1.165, 1.54) is 36.8 Å². The molecule has 0 radical (unpaired) electrons. The lowest BCUT2D eigenvalue weighted by Gasteiger charge is -2.30. The molecular formula is C17H21NO. The molecule has 19 heavy (non-hydrogen) atoms. The number of aryl methyl sites for hydroxylation is 1. The highest BCUT2D eigenvalue weighted by Gasteiger charge is 2.36. The standard InChI is InChI=1S/C17H21NO/c1-14-6-8-15(9-7-14)17(10-2-3-11-17)13-18-12-4-5-16(18)19/h4-9,12,19H,2-3,10-11,13H2,1H3. The fraction of sp³-hybridized carbons (Fsp3) is 0.412. The van der Waals surface area contributed by atoms with Crippen LogP contribution in [0.15, 0.2) is 42.6 Å². The van der Waals surface area contributed by atoms with Gasteiger partial charge in [0.2, 0.25) is 0 Å². The van der Waals surface area contributed by atoms with Gasteiger partial charge in [0.05, 0.1) is 0 Å². The number of aromatic hydroxyl groups is 1. The Labute approximate surface area is 114 Å². The van der Waals surface area contributed by atoms with Crippen molar-refractivity contribution in [3.63, 3.8) is 0 Å². The molecular weight excluding hydrogens is 234 g/mol. The Morgan fingerprint density at radius 1 is 1.11 bits per heavy atom. The van der Waals surface area contributed by atoms with Gasteiger partial charge in [-0.2, -0.15) is 0 Å². The van der Waals surface area contributed by atoms with Gasteiger partial charge in [0.25, 0.3) is 0 Å². The predicted molar refractivity (Wildman–Crippen MR) is 77.4 cm³/mol. The molecule has 1 saturated carbocycles. The van der Waals surface area contributed by atoms with Gasteiger partial charge in [0.15, 0.2) is 5.88 Å². The van der Waals surface area contributed by atoms with Crippen molar-refractivity contribution < 1.29 is 5.11 Å². The third-order valence-electron chi connectivity index (χ3n) is 4.50. The molecule has 2 heteroatoms. The van der Waals surface area contributed by atoms with E-state index in [4.69, 9.17) is 0 Å². The first-order chi connectivity index (χ1) is 9.20. The second-order valence-electron chi connectivity index (χ2n) is 5.85. The number of hydrogen-bond acceptors (Lipinski definition) is 1. The Kier molecular flexibility index (Phi) is 3.09. The van der Waals surface area contributed by atoms with Crippen LogP contribution in [0.2, 0.25) is 0 Å². The summed E-state index contributed by atoms with van der Waals surface area (Å²) < 4.78 is 1.98. The van der Waals surface area contributed by atoms with Gasteiger partial charge < -0.3 is 9.67 Å². The first-order valence-corrected chi connectivity index (χ1v) is 7.11. The molecule has 1 aromatic carbocycles. The third-order valence-corrected chi connectivity index (χ3v) is 4.50. The molecule has 1 fully saturated rings. The summed E-state index contributed by atoms with van der Waals surface area (Å²) in [5, 5.41) is 9.88. The molecule has 0 unspecified atom stereocenters. The Morgan fingerprint density at radius 2 is 1.79 bits per heavy atom. The van der Waals surface area contributed by atoms with E-state index < -0.39 is 0 Å². The molecule has 1 N–H and O–H groups in total. The average Bonchev–Trinajstić information content (AvgIpc) is 3.02. The Balaban J connectivity index is 1.95. The molecule has 100 valence electrons. The Hall–Kier alpha value is -1.70. The van der Waals surface area contributed by atoms with Crippen molar-refractivity contribution in [3.05, 3.63) is 53.7 Å². The van der Waals surface area contributed by atoms with Gasteiger partial charge in [0.1, 0.15) is 0 Å².